The molecule has 5 nitrogen and oxygen atoms in total. The fourth-order valence-corrected chi connectivity index (χ4v) is 2.09. The molecule has 1 rings (SSSR count). The lowest BCUT2D eigenvalue weighted by Gasteiger charge is -2.08. The number of rotatable bonds is 3. The number of hydrogen-bond acceptors (Lipinski definition) is 5. The van der Waals surface area contributed by atoms with E-state index in [9.17, 15) is 17.2 Å². The topological polar surface area (TPSA) is 80.0 Å². The highest BCUT2D eigenvalue weighted by Crippen LogP contribution is 2.30. The molecule has 0 radical (unpaired) electrons. The molecule has 0 bridgehead atoms. The summed E-state index contributed by atoms with van der Waals surface area (Å²) in [5.41, 5.74) is -1.76. The number of halogens is 3. The Balaban J connectivity index is 3.71. The molecule has 0 aromatic carbocycles. The maximum Gasteiger partial charge on any atom is 0.281 e. The van der Waals surface area contributed by atoms with E-state index in [4.69, 9.17) is 15.9 Å². The zero-order valence-electron chi connectivity index (χ0n) is 8.32. The van der Waals surface area contributed by atoms with Crippen LogP contribution in [0.25, 0.3) is 0 Å². The highest BCUT2D eigenvalue weighted by Gasteiger charge is 2.26. The van der Waals surface area contributed by atoms with E-state index in [1.165, 1.54) is 6.07 Å². The van der Waals surface area contributed by atoms with Crippen molar-refractivity contribution < 1.29 is 21.9 Å². The first-order valence-electron chi connectivity index (χ1n) is 4.03. The molecular formula is C8H5ClF2N2O3S. The van der Waals surface area contributed by atoms with Gasteiger partial charge in [0.25, 0.3) is 15.5 Å². The molecule has 0 aliphatic carbocycles. The summed E-state index contributed by atoms with van der Waals surface area (Å²) < 4.78 is 52.0. The van der Waals surface area contributed by atoms with Crippen molar-refractivity contribution in [2.24, 2.45) is 0 Å². The Hall–Kier alpha value is -1.46. The van der Waals surface area contributed by atoms with Gasteiger partial charge in [0.1, 0.15) is 16.7 Å². The Labute approximate surface area is 100 Å². The minimum Gasteiger partial charge on any atom is -0.481 e. The van der Waals surface area contributed by atoms with Crippen molar-refractivity contribution in [3.63, 3.8) is 0 Å². The molecule has 0 unspecified atom stereocenters. The summed E-state index contributed by atoms with van der Waals surface area (Å²) in [5.74, 6) is -0.362. The Morgan fingerprint density at radius 2 is 2.18 bits per heavy atom. The van der Waals surface area contributed by atoms with E-state index >= 15 is 0 Å². The van der Waals surface area contributed by atoms with Crippen LogP contribution in [0.1, 0.15) is 17.7 Å². The van der Waals surface area contributed by atoms with Crippen molar-refractivity contribution in [1.29, 1.82) is 5.26 Å². The number of nitrogens with zero attached hydrogens (tertiary/aromatic N) is 2. The first kappa shape index (κ1) is 13.6. The van der Waals surface area contributed by atoms with Crippen LogP contribution in [0.2, 0.25) is 0 Å². The van der Waals surface area contributed by atoms with Crippen LogP contribution >= 0.6 is 10.7 Å². The summed E-state index contributed by atoms with van der Waals surface area (Å²) in [7, 11) is 1.82. The molecular weight excluding hydrogens is 278 g/mol. The average Bonchev–Trinajstić information content (AvgIpc) is 2.25. The van der Waals surface area contributed by atoms with E-state index in [1.807, 2.05) is 0 Å². The second-order valence-corrected chi connectivity index (χ2v) is 5.31. The third kappa shape index (κ3) is 2.81. The predicted octanol–water partition coefficient (Wildman–Crippen LogP) is 1.83. The standard InChI is InChI=1S/C8H5ClF2N2O3S/c1-16-6-2-5(17(9,14)15)4(3-12)7(13-6)8(10)11/h2,8H,1H3. The van der Waals surface area contributed by atoms with E-state index in [0.717, 1.165) is 13.2 Å². The quantitative estimate of drug-likeness (QED) is 0.790. The molecule has 0 aliphatic rings. The molecule has 0 saturated heterocycles. The van der Waals surface area contributed by atoms with Gasteiger partial charge in [-0.2, -0.15) is 5.26 Å². The zero-order valence-corrected chi connectivity index (χ0v) is 9.89. The summed E-state index contributed by atoms with van der Waals surface area (Å²) in [6, 6.07) is 2.15. The molecule has 0 amide bonds. The first-order valence-corrected chi connectivity index (χ1v) is 6.34. The smallest absolute Gasteiger partial charge is 0.281 e. The van der Waals surface area contributed by atoms with Gasteiger partial charge in [0.15, 0.2) is 0 Å². The summed E-state index contributed by atoms with van der Waals surface area (Å²) in [5, 5.41) is 8.69. The van der Waals surface area contributed by atoms with Crippen LogP contribution in [-0.4, -0.2) is 20.5 Å². The lowest BCUT2D eigenvalue weighted by molar-refractivity contribution is 0.144. The van der Waals surface area contributed by atoms with Crippen molar-refractivity contribution in [2.45, 2.75) is 11.3 Å². The van der Waals surface area contributed by atoms with Crippen molar-refractivity contribution >= 4 is 19.7 Å². The SMILES string of the molecule is COc1cc(S(=O)(=O)Cl)c(C#N)c(C(F)F)n1. The van der Waals surface area contributed by atoms with Crippen LogP contribution in [0.3, 0.4) is 0 Å². The Bertz CT molecular complexity index is 583. The van der Waals surface area contributed by atoms with Gasteiger partial charge in [-0.25, -0.2) is 22.2 Å². The maximum absolute atomic E-state index is 12.6. The highest BCUT2D eigenvalue weighted by molar-refractivity contribution is 8.13. The van der Waals surface area contributed by atoms with Crippen LogP contribution in [-0.2, 0) is 9.05 Å². The van der Waals surface area contributed by atoms with Crippen molar-refractivity contribution in [1.82, 2.24) is 4.98 Å². The number of ether oxygens (including phenoxy) is 1. The molecule has 0 spiro atoms. The number of nitriles is 1. The summed E-state index contributed by atoms with van der Waals surface area (Å²) in [4.78, 5) is 2.57. The Kier molecular flexibility index (Phi) is 3.85. The first-order chi connectivity index (χ1) is 7.81. The molecule has 1 aromatic heterocycles. The van der Waals surface area contributed by atoms with Gasteiger partial charge < -0.3 is 4.74 Å². The molecule has 0 atom stereocenters. The second-order valence-electron chi connectivity index (χ2n) is 2.77. The molecule has 0 saturated carbocycles. The van der Waals surface area contributed by atoms with Crippen LogP contribution in [0, 0.1) is 11.3 Å². The van der Waals surface area contributed by atoms with E-state index < -0.39 is 31.6 Å². The summed E-state index contributed by atoms with van der Waals surface area (Å²) >= 11 is 0. The fraction of sp³-hybridized carbons (Fsp3) is 0.250. The average molecular weight is 283 g/mol. The van der Waals surface area contributed by atoms with Crippen molar-refractivity contribution in [3.8, 4) is 11.9 Å². The normalized spacial score (nSPS) is 11.3. The fourth-order valence-electron chi connectivity index (χ4n) is 1.08. The van der Waals surface area contributed by atoms with E-state index in [2.05, 4.69) is 9.72 Å². The number of alkyl halides is 2. The van der Waals surface area contributed by atoms with Gasteiger partial charge in [0.05, 0.1) is 12.7 Å². The summed E-state index contributed by atoms with van der Waals surface area (Å²) in [6.45, 7) is 0. The van der Waals surface area contributed by atoms with Crippen LogP contribution < -0.4 is 4.74 Å². The molecule has 0 fully saturated rings. The van der Waals surface area contributed by atoms with Gasteiger partial charge in [-0.05, 0) is 0 Å². The lowest BCUT2D eigenvalue weighted by atomic mass is 10.2. The second kappa shape index (κ2) is 4.81. The van der Waals surface area contributed by atoms with E-state index in [0.29, 0.717) is 0 Å². The zero-order chi connectivity index (χ0) is 13.2. The van der Waals surface area contributed by atoms with Crippen LogP contribution in [0.5, 0.6) is 5.88 Å². The lowest BCUT2D eigenvalue weighted by Crippen LogP contribution is -2.05. The molecule has 9 heteroatoms. The third-order valence-electron chi connectivity index (χ3n) is 1.78. The Morgan fingerprint density at radius 1 is 1.59 bits per heavy atom. The van der Waals surface area contributed by atoms with Gasteiger partial charge in [0, 0.05) is 16.7 Å². The van der Waals surface area contributed by atoms with Gasteiger partial charge in [0.2, 0.25) is 5.88 Å². The largest absolute Gasteiger partial charge is 0.481 e. The van der Waals surface area contributed by atoms with Crippen LogP contribution in [0.4, 0.5) is 8.78 Å². The van der Waals surface area contributed by atoms with E-state index in [1.54, 1.807) is 0 Å². The van der Waals surface area contributed by atoms with Crippen molar-refractivity contribution in [2.75, 3.05) is 7.11 Å². The third-order valence-corrected chi connectivity index (χ3v) is 3.12. The van der Waals surface area contributed by atoms with Crippen molar-refractivity contribution in [3.05, 3.63) is 17.3 Å². The number of methoxy groups -OCH3 is 1. The number of hydrogen-bond donors (Lipinski definition) is 0. The molecule has 92 valence electrons. The maximum atomic E-state index is 12.6. The number of pyridine rings is 1. The minimum absolute atomic E-state index is 0.362. The van der Waals surface area contributed by atoms with Gasteiger partial charge in [-0.15, -0.1) is 0 Å². The molecule has 1 aromatic rings. The molecule has 0 N–H and O–H groups in total. The van der Waals surface area contributed by atoms with Crippen LogP contribution in [0.15, 0.2) is 11.0 Å². The van der Waals surface area contributed by atoms with Gasteiger partial charge >= 0.3 is 0 Å². The highest BCUT2D eigenvalue weighted by atomic mass is 35.7. The summed E-state index contributed by atoms with van der Waals surface area (Å²) in [6.07, 6.45) is -3.11. The Morgan fingerprint density at radius 3 is 2.53 bits per heavy atom. The van der Waals surface area contributed by atoms with Gasteiger partial charge in [-0.3, -0.25) is 0 Å². The predicted molar refractivity (Wildman–Crippen MR) is 53.5 cm³/mol. The van der Waals surface area contributed by atoms with E-state index in [-0.39, 0.29) is 5.88 Å². The molecule has 1 heterocycles. The van der Waals surface area contributed by atoms with Gasteiger partial charge in [-0.1, -0.05) is 0 Å². The molecule has 0 aliphatic heterocycles. The minimum atomic E-state index is -4.34. The monoisotopic (exact) mass is 282 g/mol. The molecule has 17 heavy (non-hydrogen) atoms. The number of aromatic nitrogens is 1.